The van der Waals surface area contributed by atoms with E-state index in [9.17, 15) is 4.79 Å². The Bertz CT molecular complexity index is 906. The number of carbonyl (C=O) groups excluding carboxylic acids is 1. The van der Waals surface area contributed by atoms with Crippen LogP contribution >= 0.6 is 0 Å². The maximum Gasteiger partial charge on any atom is 0.226 e. The predicted molar refractivity (Wildman–Crippen MR) is 120 cm³/mol. The molecule has 0 N–H and O–H groups in total. The first kappa shape index (κ1) is 22.4. The van der Waals surface area contributed by atoms with Gasteiger partial charge in [-0.05, 0) is 16.7 Å². The predicted octanol–water partition coefficient (Wildman–Crippen LogP) is 5.04. The number of ether oxygens (including phenoxy) is 4. The molecule has 1 unspecified atom stereocenters. The van der Waals surface area contributed by atoms with Crippen LogP contribution in [0, 0.1) is 0 Å². The highest BCUT2D eigenvalue weighted by atomic mass is 16.8. The van der Waals surface area contributed by atoms with Gasteiger partial charge in [0.15, 0.2) is 12.1 Å². The Balaban J connectivity index is 1.43. The van der Waals surface area contributed by atoms with Crippen molar-refractivity contribution in [3.63, 3.8) is 0 Å². The minimum Gasteiger partial charge on any atom is -0.343 e. The van der Waals surface area contributed by atoms with E-state index in [1.54, 1.807) is 0 Å². The van der Waals surface area contributed by atoms with E-state index in [2.05, 4.69) is 0 Å². The van der Waals surface area contributed by atoms with Crippen LogP contribution in [-0.4, -0.2) is 24.5 Å². The minimum absolute atomic E-state index is 0.0974. The van der Waals surface area contributed by atoms with Crippen molar-refractivity contribution in [1.82, 2.24) is 0 Å². The molecular formula is C27H28O5. The van der Waals surface area contributed by atoms with Crippen LogP contribution in [0.5, 0.6) is 0 Å². The molecule has 0 saturated carbocycles. The van der Waals surface area contributed by atoms with Crippen LogP contribution in [-0.2, 0) is 43.6 Å². The number of carbonyl (C=O) groups is 1. The molecular weight excluding hydrogens is 404 g/mol. The quantitative estimate of drug-likeness (QED) is 0.332. The van der Waals surface area contributed by atoms with Crippen LogP contribution in [0.3, 0.4) is 0 Å². The molecule has 1 aliphatic rings. The third kappa shape index (κ3) is 5.90. The summed E-state index contributed by atoms with van der Waals surface area (Å²) in [7, 11) is 0. The standard InChI is InChI=1S/C27H28O5/c28-21-26(29-18-23-10-4-1-5-11-23)16-17-27(22-32-26,30-19-24-12-6-2-7-13-24)31-20-25-14-8-3-9-15-25/h1-15,21H,16-20,22H2. The van der Waals surface area contributed by atoms with Gasteiger partial charge >= 0.3 is 0 Å². The molecule has 1 saturated heterocycles. The van der Waals surface area contributed by atoms with Crippen LogP contribution in [0.15, 0.2) is 91.0 Å². The molecule has 1 fully saturated rings. The Morgan fingerprint density at radius 1 is 0.656 bits per heavy atom. The molecule has 0 aromatic heterocycles. The lowest BCUT2D eigenvalue weighted by atomic mass is 10.0. The van der Waals surface area contributed by atoms with E-state index in [4.69, 9.17) is 18.9 Å². The Morgan fingerprint density at radius 3 is 1.47 bits per heavy atom. The lowest BCUT2D eigenvalue weighted by Gasteiger charge is -2.43. The molecule has 0 bridgehead atoms. The van der Waals surface area contributed by atoms with Crippen molar-refractivity contribution >= 4 is 6.29 Å². The maximum atomic E-state index is 11.9. The average molecular weight is 433 g/mol. The number of hydrogen-bond acceptors (Lipinski definition) is 5. The second-order valence-corrected chi connectivity index (χ2v) is 7.95. The van der Waals surface area contributed by atoms with Crippen molar-refractivity contribution < 1.29 is 23.7 Å². The average Bonchev–Trinajstić information content (AvgIpc) is 2.88. The first-order valence-electron chi connectivity index (χ1n) is 10.8. The molecule has 0 spiro atoms. The van der Waals surface area contributed by atoms with Gasteiger partial charge in [-0.2, -0.15) is 0 Å². The molecule has 0 amide bonds. The highest BCUT2D eigenvalue weighted by Gasteiger charge is 2.46. The van der Waals surface area contributed by atoms with E-state index in [-0.39, 0.29) is 6.61 Å². The molecule has 5 heteroatoms. The summed E-state index contributed by atoms with van der Waals surface area (Å²) in [5, 5.41) is 0. The van der Waals surface area contributed by atoms with Gasteiger partial charge in [0.2, 0.25) is 5.79 Å². The van der Waals surface area contributed by atoms with Crippen LogP contribution in [0.2, 0.25) is 0 Å². The van der Waals surface area contributed by atoms with Crippen LogP contribution in [0.1, 0.15) is 29.5 Å². The van der Waals surface area contributed by atoms with Crippen LogP contribution < -0.4 is 0 Å². The second-order valence-electron chi connectivity index (χ2n) is 7.95. The third-order valence-electron chi connectivity index (χ3n) is 5.59. The van der Waals surface area contributed by atoms with E-state index in [0.717, 1.165) is 23.0 Å². The van der Waals surface area contributed by atoms with Crippen molar-refractivity contribution in [2.45, 2.75) is 44.2 Å². The zero-order valence-electron chi connectivity index (χ0n) is 18.0. The molecule has 32 heavy (non-hydrogen) atoms. The molecule has 0 radical (unpaired) electrons. The number of aldehydes is 1. The number of benzene rings is 3. The summed E-state index contributed by atoms with van der Waals surface area (Å²) in [5.74, 6) is -2.26. The SMILES string of the molecule is O=CC1(OCc2ccccc2)CCC(OCc2ccccc2)(OCc2ccccc2)CO1. The number of rotatable bonds is 10. The highest BCUT2D eigenvalue weighted by Crippen LogP contribution is 2.35. The Labute approximate surface area is 188 Å². The Hall–Kier alpha value is -2.83. The van der Waals surface area contributed by atoms with Crippen molar-refractivity contribution in [1.29, 1.82) is 0 Å². The van der Waals surface area contributed by atoms with Crippen molar-refractivity contribution in [2.24, 2.45) is 0 Å². The van der Waals surface area contributed by atoms with Gasteiger partial charge in [0, 0.05) is 12.8 Å². The number of hydrogen-bond donors (Lipinski definition) is 0. The zero-order chi connectivity index (χ0) is 22.1. The molecule has 1 atom stereocenters. The minimum atomic E-state index is -1.30. The molecule has 4 rings (SSSR count). The van der Waals surface area contributed by atoms with E-state index in [1.807, 2.05) is 91.0 Å². The summed E-state index contributed by atoms with van der Waals surface area (Å²) in [4.78, 5) is 11.9. The smallest absolute Gasteiger partial charge is 0.226 e. The van der Waals surface area contributed by atoms with Gasteiger partial charge in [-0.1, -0.05) is 91.0 Å². The molecule has 5 nitrogen and oxygen atoms in total. The van der Waals surface area contributed by atoms with Crippen molar-refractivity contribution in [3.8, 4) is 0 Å². The first-order chi connectivity index (χ1) is 15.7. The van der Waals surface area contributed by atoms with Crippen molar-refractivity contribution in [3.05, 3.63) is 108 Å². The van der Waals surface area contributed by atoms with Crippen LogP contribution in [0.4, 0.5) is 0 Å². The first-order valence-corrected chi connectivity index (χ1v) is 10.8. The summed E-state index contributed by atoms with van der Waals surface area (Å²) in [6.07, 6.45) is 1.56. The molecule has 3 aromatic rings. The molecule has 1 heterocycles. The maximum absolute atomic E-state index is 11.9. The van der Waals surface area contributed by atoms with Gasteiger partial charge in [0.05, 0.1) is 19.8 Å². The van der Waals surface area contributed by atoms with Crippen LogP contribution in [0.25, 0.3) is 0 Å². The summed E-state index contributed by atoms with van der Waals surface area (Å²) in [5.41, 5.74) is 3.07. The fraction of sp³-hybridized carbons (Fsp3) is 0.296. The van der Waals surface area contributed by atoms with E-state index >= 15 is 0 Å². The summed E-state index contributed by atoms with van der Waals surface area (Å²) < 4.78 is 24.4. The lowest BCUT2D eigenvalue weighted by molar-refractivity contribution is -0.345. The van der Waals surface area contributed by atoms with Gasteiger partial charge in [-0.25, -0.2) is 0 Å². The normalized spacial score (nSPS) is 20.0. The third-order valence-corrected chi connectivity index (χ3v) is 5.59. The van der Waals surface area contributed by atoms with Gasteiger partial charge in [0.25, 0.3) is 0 Å². The Morgan fingerprint density at radius 2 is 1.09 bits per heavy atom. The fourth-order valence-electron chi connectivity index (χ4n) is 3.61. The van der Waals surface area contributed by atoms with Gasteiger partial charge < -0.3 is 18.9 Å². The van der Waals surface area contributed by atoms with Crippen molar-refractivity contribution in [2.75, 3.05) is 6.61 Å². The topological polar surface area (TPSA) is 54.0 Å². The molecule has 3 aromatic carbocycles. The van der Waals surface area contributed by atoms with E-state index in [1.165, 1.54) is 0 Å². The second kappa shape index (κ2) is 10.7. The van der Waals surface area contributed by atoms with Gasteiger partial charge in [0.1, 0.15) is 6.61 Å². The Kier molecular flexibility index (Phi) is 7.45. The van der Waals surface area contributed by atoms with Gasteiger partial charge in [-0.3, -0.25) is 4.79 Å². The largest absolute Gasteiger partial charge is 0.343 e. The summed E-state index contributed by atoms with van der Waals surface area (Å²) >= 11 is 0. The summed E-state index contributed by atoms with van der Waals surface area (Å²) in [6.45, 7) is 1.17. The molecule has 166 valence electrons. The molecule has 1 aliphatic heterocycles. The lowest BCUT2D eigenvalue weighted by Crippen LogP contribution is -2.53. The van der Waals surface area contributed by atoms with Gasteiger partial charge in [-0.15, -0.1) is 0 Å². The molecule has 0 aliphatic carbocycles. The monoisotopic (exact) mass is 432 g/mol. The fourth-order valence-corrected chi connectivity index (χ4v) is 3.61. The summed E-state index contributed by atoms with van der Waals surface area (Å²) in [6, 6.07) is 29.6. The van der Waals surface area contributed by atoms with E-state index in [0.29, 0.717) is 32.7 Å². The van der Waals surface area contributed by atoms with E-state index < -0.39 is 11.6 Å². The zero-order valence-corrected chi connectivity index (χ0v) is 18.0. The highest BCUT2D eigenvalue weighted by molar-refractivity contribution is 5.60.